The molecule has 2 aliphatic heterocycles. The van der Waals surface area contributed by atoms with Crippen LogP contribution in [-0.4, -0.2) is 25.7 Å². The smallest absolute Gasteiger partial charge is 0.292 e. The number of benzene rings is 1. The average molecular weight is 303 g/mol. The van der Waals surface area contributed by atoms with Crippen LogP contribution in [0.1, 0.15) is 49.3 Å². The molecule has 2 aliphatic rings. The van der Waals surface area contributed by atoms with Crippen molar-refractivity contribution >= 4 is 11.6 Å². The van der Waals surface area contributed by atoms with Gasteiger partial charge in [-0.3, -0.25) is 4.79 Å². The van der Waals surface area contributed by atoms with Crippen molar-refractivity contribution in [1.29, 1.82) is 0 Å². The molecule has 4 nitrogen and oxygen atoms in total. The molecule has 0 N–H and O–H groups in total. The molecule has 1 spiro atoms. The Kier molecular flexibility index (Phi) is 4.24. The van der Waals surface area contributed by atoms with Gasteiger partial charge < -0.3 is 14.4 Å². The zero-order valence-corrected chi connectivity index (χ0v) is 13.8. The molecule has 3 rings (SSSR count). The number of nitrogens with zero attached hydrogens (tertiary/aromatic N) is 1. The quantitative estimate of drug-likeness (QED) is 0.782. The predicted molar refractivity (Wildman–Crippen MR) is 86.0 cm³/mol. The van der Waals surface area contributed by atoms with E-state index >= 15 is 0 Å². The van der Waals surface area contributed by atoms with Gasteiger partial charge in [-0.05, 0) is 31.4 Å². The number of rotatable bonds is 5. The third-order valence-corrected chi connectivity index (χ3v) is 4.64. The predicted octanol–water partition coefficient (Wildman–Crippen LogP) is 3.43. The zero-order chi connectivity index (χ0) is 15.7. The third kappa shape index (κ3) is 2.25. The Labute approximate surface area is 132 Å². The molecule has 1 aromatic carbocycles. The minimum atomic E-state index is -1.18. The van der Waals surface area contributed by atoms with Gasteiger partial charge >= 0.3 is 0 Å². The summed E-state index contributed by atoms with van der Waals surface area (Å²) in [7, 11) is 0. The minimum Gasteiger partial charge on any atom is -0.336 e. The van der Waals surface area contributed by atoms with E-state index in [0.717, 1.165) is 41.8 Å². The zero-order valence-electron chi connectivity index (χ0n) is 13.8. The van der Waals surface area contributed by atoms with Crippen LogP contribution in [0, 0.1) is 13.8 Å². The molecule has 1 saturated heterocycles. The largest absolute Gasteiger partial charge is 0.336 e. The molecule has 0 atom stereocenters. The third-order valence-electron chi connectivity index (χ3n) is 4.64. The first-order valence-electron chi connectivity index (χ1n) is 8.32. The van der Waals surface area contributed by atoms with Crippen LogP contribution in [-0.2, 0) is 20.1 Å². The summed E-state index contributed by atoms with van der Waals surface area (Å²) in [6.07, 6.45) is 4.57. The summed E-state index contributed by atoms with van der Waals surface area (Å²) in [5.74, 6) is -1.23. The molecule has 4 heteroatoms. The first-order valence-corrected chi connectivity index (χ1v) is 8.32. The molecule has 0 aromatic heterocycles. The number of ether oxygens (including phenoxy) is 2. The standard InChI is InChI=1S/C18H25NO3/c1-4-5-6-7-10-19-16-14(3)9-8-13(2)15(16)18(17(19)20)21-11-12-22-18/h8-9H,4-7,10-12H2,1-3H3. The number of carbonyl (C=O) groups is 1. The lowest BCUT2D eigenvalue weighted by Gasteiger charge is -2.22. The maximum Gasteiger partial charge on any atom is 0.292 e. The highest BCUT2D eigenvalue weighted by molar-refractivity contribution is 6.07. The van der Waals surface area contributed by atoms with Crippen LogP contribution in [0.2, 0.25) is 0 Å². The fraction of sp³-hybridized carbons (Fsp3) is 0.611. The van der Waals surface area contributed by atoms with Crippen molar-refractivity contribution < 1.29 is 14.3 Å². The number of fused-ring (bicyclic) bond motifs is 2. The van der Waals surface area contributed by atoms with Gasteiger partial charge in [0.1, 0.15) is 0 Å². The molecular weight excluding hydrogens is 278 g/mol. The maximum atomic E-state index is 13.0. The van der Waals surface area contributed by atoms with E-state index < -0.39 is 5.79 Å². The van der Waals surface area contributed by atoms with E-state index in [0.29, 0.717) is 13.2 Å². The van der Waals surface area contributed by atoms with E-state index in [4.69, 9.17) is 9.47 Å². The lowest BCUT2D eigenvalue weighted by atomic mass is 9.98. The van der Waals surface area contributed by atoms with Crippen LogP contribution in [0.5, 0.6) is 0 Å². The number of aryl methyl sites for hydroxylation is 2. The summed E-state index contributed by atoms with van der Waals surface area (Å²) >= 11 is 0. The Morgan fingerprint density at radius 2 is 1.77 bits per heavy atom. The van der Waals surface area contributed by atoms with Gasteiger partial charge in [-0.15, -0.1) is 0 Å². The molecule has 0 bridgehead atoms. The summed E-state index contributed by atoms with van der Waals surface area (Å²) < 4.78 is 11.6. The van der Waals surface area contributed by atoms with Gasteiger partial charge in [-0.2, -0.15) is 0 Å². The van der Waals surface area contributed by atoms with Crippen LogP contribution >= 0.6 is 0 Å². The molecule has 120 valence electrons. The topological polar surface area (TPSA) is 38.8 Å². The fourth-order valence-corrected chi connectivity index (χ4v) is 3.54. The Morgan fingerprint density at radius 1 is 1.09 bits per heavy atom. The van der Waals surface area contributed by atoms with Crippen molar-refractivity contribution in [3.05, 3.63) is 28.8 Å². The van der Waals surface area contributed by atoms with Crippen LogP contribution in [0.4, 0.5) is 5.69 Å². The van der Waals surface area contributed by atoms with Crippen LogP contribution in [0.15, 0.2) is 12.1 Å². The molecule has 1 fully saturated rings. The Balaban J connectivity index is 1.97. The van der Waals surface area contributed by atoms with E-state index in [1.807, 2.05) is 11.8 Å². The maximum absolute atomic E-state index is 13.0. The molecular formula is C18H25NO3. The monoisotopic (exact) mass is 303 g/mol. The van der Waals surface area contributed by atoms with Crippen molar-refractivity contribution in [1.82, 2.24) is 0 Å². The van der Waals surface area contributed by atoms with Gasteiger partial charge in [0, 0.05) is 12.1 Å². The lowest BCUT2D eigenvalue weighted by molar-refractivity contribution is -0.180. The highest BCUT2D eigenvalue weighted by Gasteiger charge is 2.57. The van der Waals surface area contributed by atoms with Crippen LogP contribution < -0.4 is 4.90 Å². The Bertz CT molecular complexity index is 576. The van der Waals surface area contributed by atoms with Gasteiger partial charge in [-0.25, -0.2) is 0 Å². The SMILES string of the molecule is CCCCCCN1C(=O)C2(OCCO2)c2c(C)ccc(C)c21. The van der Waals surface area contributed by atoms with E-state index in [1.165, 1.54) is 12.8 Å². The van der Waals surface area contributed by atoms with E-state index in [-0.39, 0.29) is 5.91 Å². The van der Waals surface area contributed by atoms with E-state index in [9.17, 15) is 4.79 Å². The average Bonchev–Trinajstić information content (AvgIpc) is 3.08. The van der Waals surface area contributed by atoms with Gasteiger partial charge in [-0.1, -0.05) is 38.3 Å². The minimum absolute atomic E-state index is 0.0473. The summed E-state index contributed by atoms with van der Waals surface area (Å²) in [6.45, 7) is 7.96. The first kappa shape index (κ1) is 15.5. The fourth-order valence-electron chi connectivity index (χ4n) is 3.54. The lowest BCUT2D eigenvalue weighted by Crippen LogP contribution is -2.41. The highest BCUT2D eigenvalue weighted by Crippen LogP contribution is 2.48. The van der Waals surface area contributed by atoms with Crippen molar-refractivity contribution in [2.45, 2.75) is 52.2 Å². The molecule has 2 heterocycles. The van der Waals surface area contributed by atoms with Gasteiger partial charge in [0.25, 0.3) is 11.7 Å². The molecule has 22 heavy (non-hydrogen) atoms. The van der Waals surface area contributed by atoms with Gasteiger partial charge in [0.15, 0.2) is 0 Å². The van der Waals surface area contributed by atoms with Crippen LogP contribution in [0.25, 0.3) is 0 Å². The van der Waals surface area contributed by atoms with Crippen molar-refractivity contribution in [3.63, 3.8) is 0 Å². The van der Waals surface area contributed by atoms with Crippen molar-refractivity contribution in [3.8, 4) is 0 Å². The molecule has 0 unspecified atom stereocenters. The van der Waals surface area contributed by atoms with Gasteiger partial charge in [0.05, 0.1) is 18.9 Å². The second-order valence-electron chi connectivity index (χ2n) is 6.25. The second kappa shape index (κ2) is 6.01. The van der Waals surface area contributed by atoms with Gasteiger partial charge in [0.2, 0.25) is 0 Å². The van der Waals surface area contributed by atoms with Crippen molar-refractivity contribution in [2.24, 2.45) is 0 Å². The number of carbonyl (C=O) groups excluding carboxylic acids is 1. The summed E-state index contributed by atoms with van der Waals surface area (Å²) in [4.78, 5) is 14.9. The number of hydrogen-bond acceptors (Lipinski definition) is 3. The Hall–Kier alpha value is -1.39. The molecule has 1 amide bonds. The number of anilines is 1. The molecule has 0 radical (unpaired) electrons. The number of hydrogen-bond donors (Lipinski definition) is 0. The van der Waals surface area contributed by atoms with Crippen molar-refractivity contribution in [2.75, 3.05) is 24.7 Å². The van der Waals surface area contributed by atoms with E-state index in [1.54, 1.807) is 0 Å². The highest BCUT2D eigenvalue weighted by atomic mass is 16.7. The van der Waals surface area contributed by atoms with Crippen LogP contribution in [0.3, 0.4) is 0 Å². The normalized spacial score (nSPS) is 19.2. The number of amides is 1. The van der Waals surface area contributed by atoms with E-state index in [2.05, 4.69) is 26.0 Å². The molecule has 1 aromatic rings. The molecule has 0 aliphatic carbocycles. The summed E-state index contributed by atoms with van der Waals surface area (Å²) in [5.41, 5.74) is 4.10. The first-order chi connectivity index (χ1) is 10.6. The summed E-state index contributed by atoms with van der Waals surface area (Å²) in [6, 6.07) is 4.13. The summed E-state index contributed by atoms with van der Waals surface area (Å²) in [5, 5.41) is 0. The second-order valence-corrected chi connectivity index (χ2v) is 6.25. The number of unbranched alkanes of at least 4 members (excludes halogenated alkanes) is 3. The molecule has 0 saturated carbocycles. The Morgan fingerprint density at radius 3 is 2.45 bits per heavy atom.